The highest BCUT2D eigenvalue weighted by molar-refractivity contribution is 6.02. The van der Waals surface area contributed by atoms with Crippen LogP contribution < -0.4 is 0 Å². The van der Waals surface area contributed by atoms with Gasteiger partial charge in [-0.05, 0) is 37.3 Å². The first-order valence-corrected chi connectivity index (χ1v) is 11.2. The monoisotopic (exact) mass is 440 g/mol. The van der Waals surface area contributed by atoms with E-state index in [4.69, 9.17) is 24.6 Å². The number of aryl methyl sites for hydroxylation is 1. The number of aliphatic imine (C=N–C) groups is 2. The van der Waals surface area contributed by atoms with Gasteiger partial charge in [-0.15, -0.1) is 0 Å². The van der Waals surface area contributed by atoms with E-state index in [-0.39, 0.29) is 12.1 Å². The Bertz CT molecular complexity index is 1260. The van der Waals surface area contributed by atoms with E-state index < -0.39 is 0 Å². The fourth-order valence-electron chi connectivity index (χ4n) is 4.33. The van der Waals surface area contributed by atoms with Crippen molar-refractivity contribution >= 4 is 17.6 Å². The van der Waals surface area contributed by atoms with Crippen LogP contribution in [0, 0.1) is 6.92 Å². The predicted molar refractivity (Wildman–Crippen MR) is 126 cm³/mol. The van der Waals surface area contributed by atoms with Gasteiger partial charge in [0.05, 0.1) is 18.9 Å². The summed E-state index contributed by atoms with van der Waals surface area (Å²) in [5, 5.41) is 4.78. The third-order valence-electron chi connectivity index (χ3n) is 5.98. The summed E-state index contributed by atoms with van der Waals surface area (Å²) in [7, 11) is 0. The van der Waals surface area contributed by atoms with E-state index in [2.05, 4.69) is 35.0 Å². The molecule has 0 spiro atoms. The topological polar surface area (TPSA) is 77.1 Å². The van der Waals surface area contributed by atoms with Crippen molar-refractivity contribution in [2.45, 2.75) is 19.1 Å². The molecular weight excluding hydrogens is 416 g/mol. The number of ether oxygens (including phenoxy) is 2. The minimum Gasteiger partial charge on any atom is -0.478 e. The van der Waals surface area contributed by atoms with Crippen LogP contribution in [0.1, 0.15) is 11.3 Å². The van der Waals surface area contributed by atoms with Crippen molar-refractivity contribution in [1.82, 2.24) is 19.7 Å². The van der Waals surface area contributed by atoms with Gasteiger partial charge in [-0.2, -0.15) is 10.1 Å². The lowest BCUT2D eigenvalue weighted by Gasteiger charge is -2.34. The average Bonchev–Trinajstić information content (AvgIpc) is 3.52. The molecule has 5 heterocycles. The van der Waals surface area contributed by atoms with Crippen molar-refractivity contribution in [3.05, 3.63) is 78.3 Å². The molecular formula is C25H24N6O2. The third kappa shape index (κ3) is 3.82. The summed E-state index contributed by atoms with van der Waals surface area (Å²) in [6.45, 7) is 4.96. The van der Waals surface area contributed by atoms with E-state index in [1.54, 1.807) is 10.9 Å². The van der Waals surface area contributed by atoms with Crippen molar-refractivity contribution in [1.29, 1.82) is 0 Å². The Morgan fingerprint density at radius 2 is 1.91 bits per heavy atom. The molecule has 0 bridgehead atoms. The maximum absolute atomic E-state index is 6.34. The zero-order valence-electron chi connectivity index (χ0n) is 18.3. The summed E-state index contributed by atoms with van der Waals surface area (Å²) < 4.78 is 13.6. The highest BCUT2D eigenvalue weighted by Gasteiger charge is 2.40. The highest BCUT2D eigenvalue weighted by atomic mass is 16.5. The van der Waals surface area contributed by atoms with Gasteiger partial charge in [0.1, 0.15) is 17.5 Å². The van der Waals surface area contributed by atoms with Crippen LogP contribution in [0.25, 0.3) is 17.0 Å². The molecule has 0 amide bonds. The Labute approximate surface area is 191 Å². The first kappa shape index (κ1) is 19.9. The molecule has 3 aliphatic heterocycles. The van der Waals surface area contributed by atoms with Gasteiger partial charge >= 0.3 is 0 Å². The van der Waals surface area contributed by atoms with E-state index in [9.17, 15) is 0 Å². The number of benzene rings is 1. The molecule has 166 valence electrons. The molecule has 0 radical (unpaired) electrons. The standard InChI is InChI=1S/C25H24N6O2/c1-17-5-4-6-18(15-17)19-8-10-31(29-19)25-27-21-16-22(20-7-2-3-9-26-20)33-23(21)24(28-25)30-11-13-32-14-12-30/h2-10,15-16,21,23H,11-14H2,1H3. The van der Waals surface area contributed by atoms with Crippen LogP contribution in [0.3, 0.4) is 0 Å². The van der Waals surface area contributed by atoms with Crippen LogP contribution >= 0.6 is 0 Å². The lowest BCUT2D eigenvalue weighted by Crippen LogP contribution is -2.50. The van der Waals surface area contributed by atoms with Gasteiger partial charge in [-0.3, -0.25) is 4.98 Å². The fraction of sp³-hybridized carbons (Fsp3) is 0.280. The van der Waals surface area contributed by atoms with Crippen molar-refractivity contribution < 1.29 is 9.47 Å². The first-order valence-electron chi connectivity index (χ1n) is 11.2. The molecule has 2 aromatic heterocycles. The molecule has 0 saturated carbocycles. The second kappa shape index (κ2) is 8.29. The lowest BCUT2D eigenvalue weighted by molar-refractivity contribution is 0.0623. The number of amidine groups is 1. The Hall–Kier alpha value is -3.78. The van der Waals surface area contributed by atoms with E-state index in [0.717, 1.165) is 41.6 Å². The van der Waals surface area contributed by atoms with Crippen LogP contribution in [-0.2, 0) is 9.47 Å². The minimum absolute atomic E-state index is 0.195. The molecule has 3 aliphatic rings. The van der Waals surface area contributed by atoms with E-state index in [0.29, 0.717) is 19.2 Å². The summed E-state index contributed by atoms with van der Waals surface area (Å²) in [5.41, 5.74) is 3.95. The Morgan fingerprint density at radius 3 is 2.73 bits per heavy atom. The summed E-state index contributed by atoms with van der Waals surface area (Å²) in [5.74, 6) is 2.15. The SMILES string of the molecule is Cc1cccc(-c2ccn(C3=NC4C=C(c5ccccn5)OC4C(N4CCOCC4)=N3)n2)c1. The molecule has 0 aliphatic carbocycles. The number of fused-ring (bicyclic) bond motifs is 1. The molecule has 0 N–H and O–H groups in total. The molecule has 33 heavy (non-hydrogen) atoms. The van der Waals surface area contributed by atoms with Gasteiger partial charge in [0.2, 0.25) is 5.96 Å². The van der Waals surface area contributed by atoms with Crippen molar-refractivity contribution in [2.24, 2.45) is 9.98 Å². The molecule has 3 aromatic rings. The zero-order chi connectivity index (χ0) is 22.2. The largest absolute Gasteiger partial charge is 0.478 e. The Balaban J connectivity index is 1.37. The number of nitrogens with zero attached hydrogens (tertiary/aromatic N) is 6. The summed E-state index contributed by atoms with van der Waals surface area (Å²) in [6, 6.07) is 15.9. The molecule has 1 fully saturated rings. The van der Waals surface area contributed by atoms with Gasteiger partial charge in [0.15, 0.2) is 11.9 Å². The minimum atomic E-state index is -0.282. The number of hydrogen-bond donors (Lipinski definition) is 0. The normalized spacial score (nSPS) is 22.2. The average molecular weight is 441 g/mol. The maximum atomic E-state index is 6.34. The zero-order valence-corrected chi connectivity index (χ0v) is 18.3. The van der Waals surface area contributed by atoms with Crippen LogP contribution in [0.4, 0.5) is 0 Å². The molecule has 6 rings (SSSR count). The van der Waals surface area contributed by atoms with Crippen molar-refractivity contribution in [3.8, 4) is 11.3 Å². The number of pyridine rings is 1. The molecule has 8 heteroatoms. The number of morpholine rings is 1. The number of aromatic nitrogens is 3. The smallest absolute Gasteiger partial charge is 0.248 e. The van der Waals surface area contributed by atoms with Crippen LogP contribution in [0.15, 0.2) is 77.0 Å². The van der Waals surface area contributed by atoms with Gasteiger partial charge in [-0.1, -0.05) is 29.8 Å². The van der Waals surface area contributed by atoms with Gasteiger partial charge in [-0.25, -0.2) is 9.67 Å². The van der Waals surface area contributed by atoms with Crippen LogP contribution in [-0.4, -0.2) is 69.9 Å². The summed E-state index contributed by atoms with van der Waals surface area (Å²) >= 11 is 0. The first-order chi connectivity index (χ1) is 16.2. The van der Waals surface area contributed by atoms with Crippen molar-refractivity contribution in [2.75, 3.05) is 26.3 Å². The highest BCUT2D eigenvalue weighted by Crippen LogP contribution is 2.31. The van der Waals surface area contributed by atoms with Crippen LogP contribution in [0.2, 0.25) is 0 Å². The van der Waals surface area contributed by atoms with Crippen LogP contribution in [0.5, 0.6) is 0 Å². The van der Waals surface area contributed by atoms with E-state index >= 15 is 0 Å². The summed E-state index contributed by atoms with van der Waals surface area (Å²) in [4.78, 5) is 16.5. The lowest BCUT2D eigenvalue weighted by atomic mass is 10.1. The van der Waals surface area contributed by atoms with Crippen molar-refractivity contribution in [3.63, 3.8) is 0 Å². The maximum Gasteiger partial charge on any atom is 0.248 e. The van der Waals surface area contributed by atoms with Gasteiger partial charge < -0.3 is 14.4 Å². The quantitative estimate of drug-likeness (QED) is 0.612. The molecule has 1 saturated heterocycles. The second-order valence-electron chi connectivity index (χ2n) is 8.29. The Morgan fingerprint density at radius 1 is 1.00 bits per heavy atom. The number of rotatable bonds is 2. The fourth-order valence-corrected chi connectivity index (χ4v) is 4.33. The molecule has 1 aromatic carbocycles. The third-order valence-corrected chi connectivity index (χ3v) is 5.98. The Kier molecular flexibility index (Phi) is 4.99. The molecule has 8 nitrogen and oxygen atoms in total. The molecule has 2 atom stereocenters. The number of hydrogen-bond acceptors (Lipinski definition) is 7. The second-order valence-corrected chi connectivity index (χ2v) is 8.29. The van der Waals surface area contributed by atoms with Gasteiger partial charge in [0.25, 0.3) is 0 Å². The summed E-state index contributed by atoms with van der Waals surface area (Å²) in [6.07, 6.45) is 5.43. The molecule has 2 unspecified atom stereocenters. The predicted octanol–water partition coefficient (Wildman–Crippen LogP) is 3.01. The van der Waals surface area contributed by atoms with E-state index in [1.807, 2.05) is 42.6 Å². The van der Waals surface area contributed by atoms with Gasteiger partial charge in [0, 0.05) is 31.0 Å². The van der Waals surface area contributed by atoms with E-state index in [1.165, 1.54) is 5.56 Å².